The van der Waals surface area contributed by atoms with Gasteiger partial charge in [0.1, 0.15) is 0 Å². The number of nitrogens with one attached hydrogen (secondary N) is 2. The zero-order chi connectivity index (χ0) is 17.8. The molecule has 3 rings (SSSR count). The third kappa shape index (κ3) is 3.37. The summed E-state index contributed by atoms with van der Waals surface area (Å²) in [6, 6.07) is 17.4. The molecule has 0 bridgehead atoms. The monoisotopic (exact) mass is 337 g/mol. The van der Waals surface area contributed by atoms with E-state index in [1.54, 1.807) is 4.90 Å². The highest BCUT2D eigenvalue weighted by atomic mass is 16.3. The number of rotatable bonds is 5. The maximum Gasteiger partial charge on any atom is 0.322 e. The van der Waals surface area contributed by atoms with Crippen molar-refractivity contribution in [2.75, 3.05) is 18.5 Å². The number of fused-ring (bicyclic) bond motifs is 1. The second-order valence-electron chi connectivity index (χ2n) is 6.03. The topological polar surface area (TPSA) is 68.4 Å². The van der Waals surface area contributed by atoms with Crippen LogP contribution >= 0.6 is 0 Å². The van der Waals surface area contributed by atoms with E-state index >= 15 is 0 Å². The van der Waals surface area contributed by atoms with Crippen LogP contribution in [0.5, 0.6) is 0 Å². The lowest BCUT2D eigenvalue weighted by Gasteiger charge is -2.26. The summed E-state index contributed by atoms with van der Waals surface area (Å²) in [5, 5.41) is 13.4. The number of benzene rings is 2. The molecule has 25 heavy (non-hydrogen) atoms. The number of carbonyl (C=O) groups excluding carboxylic acids is 1. The zero-order valence-corrected chi connectivity index (χ0v) is 14.5. The van der Waals surface area contributed by atoms with E-state index in [0.717, 1.165) is 27.8 Å². The molecule has 0 fully saturated rings. The van der Waals surface area contributed by atoms with Gasteiger partial charge in [0.2, 0.25) is 0 Å². The van der Waals surface area contributed by atoms with Crippen molar-refractivity contribution in [1.82, 2.24) is 9.88 Å². The first kappa shape index (κ1) is 17.0. The molecule has 0 aliphatic rings. The van der Waals surface area contributed by atoms with Gasteiger partial charge in [-0.1, -0.05) is 48.5 Å². The standard InChI is InChI=1S/C20H23N3O2/c1-3-23(14(2)13-24)20(25)22-19-16-11-7-8-12-17(16)21-18(19)15-9-5-4-6-10-15/h4-12,14,21,24H,3,13H2,1-2H3,(H,22,25)/t14-/m1/s1. The number of nitrogens with zero attached hydrogens (tertiary/aromatic N) is 1. The summed E-state index contributed by atoms with van der Waals surface area (Å²) in [6.07, 6.45) is 0. The molecule has 0 radical (unpaired) electrons. The van der Waals surface area contributed by atoms with E-state index in [9.17, 15) is 9.90 Å². The number of carbonyl (C=O) groups is 1. The molecule has 5 nitrogen and oxygen atoms in total. The van der Waals surface area contributed by atoms with Gasteiger partial charge in [0.05, 0.1) is 24.0 Å². The minimum Gasteiger partial charge on any atom is -0.394 e. The third-order valence-corrected chi connectivity index (χ3v) is 4.40. The normalized spacial score (nSPS) is 12.1. The molecule has 3 aromatic rings. The number of hydrogen-bond donors (Lipinski definition) is 3. The van der Waals surface area contributed by atoms with E-state index in [2.05, 4.69) is 10.3 Å². The SMILES string of the molecule is CCN(C(=O)Nc1c(-c2ccccc2)[nH]c2ccccc12)[C@H](C)CO. The molecule has 2 amide bonds. The molecular weight excluding hydrogens is 314 g/mol. The summed E-state index contributed by atoms with van der Waals surface area (Å²) in [6.45, 7) is 4.19. The maximum atomic E-state index is 12.8. The Bertz CT molecular complexity index is 858. The summed E-state index contributed by atoms with van der Waals surface area (Å²) in [4.78, 5) is 17.8. The first-order valence-corrected chi connectivity index (χ1v) is 8.50. The summed E-state index contributed by atoms with van der Waals surface area (Å²) < 4.78 is 0. The minimum atomic E-state index is -0.240. The summed E-state index contributed by atoms with van der Waals surface area (Å²) in [5.41, 5.74) is 3.61. The maximum absolute atomic E-state index is 12.8. The molecule has 0 spiro atoms. The van der Waals surface area contributed by atoms with Gasteiger partial charge in [0, 0.05) is 23.0 Å². The summed E-state index contributed by atoms with van der Waals surface area (Å²) >= 11 is 0. The highest BCUT2D eigenvalue weighted by Crippen LogP contribution is 2.35. The van der Waals surface area contributed by atoms with Gasteiger partial charge in [-0.15, -0.1) is 0 Å². The van der Waals surface area contributed by atoms with E-state index in [4.69, 9.17) is 0 Å². The second kappa shape index (κ2) is 7.40. The zero-order valence-electron chi connectivity index (χ0n) is 14.5. The molecule has 1 aromatic heterocycles. The molecule has 1 heterocycles. The molecule has 0 aliphatic carbocycles. The van der Waals surface area contributed by atoms with Crippen LogP contribution in [0.4, 0.5) is 10.5 Å². The van der Waals surface area contributed by atoms with Crippen LogP contribution in [0, 0.1) is 0 Å². The van der Waals surface area contributed by atoms with Crippen molar-refractivity contribution in [3.63, 3.8) is 0 Å². The first-order chi connectivity index (χ1) is 12.2. The number of aromatic nitrogens is 1. The van der Waals surface area contributed by atoms with Crippen LogP contribution in [0.25, 0.3) is 22.2 Å². The van der Waals surface area contributed by atoms with Crippen molar-refractivity contribution < 1.29 is 9.90 Å². The Morgan fingerprint density at radius 2 is 1.84 bits per heavy atom. The minimum absolute atomic E-state index is 0.0688. The smallest absolute Gasteiger partial charge is 0.322 e. The number of urea groups is 1. The number of hydrogen-bond acceptors (Lipinski definition) is 2. The third-order valence-electron chi connectivity index (χ3n) is 4.40. The van der Waals surface area contributed by atoms with Crippen molar-refractivity contribution >= 4 is 22.6 Å². The molecule has 3 N–H and O–H groups in total. The molecule has 0 unspecified atom stereocenters. The van der Waals surface area contributed by atoms with Gasteiger partial charge in [0.15, 0.2) is 0 Å². The molecule has 0 saturated heterocycles. The van der Waals surface area contributed by atoms with Gasteiger partial charge >= 0.3 is 6.03 Å². The van der Waals surface area contributed by atoms with Crippen LogP contribution in [0.2, 0.25) is 0 Å². The van der Waals surface area contributed by atoms with Crippen LogP contribution < -0.4 is 5.32 Å². The molecule has 5 heteroatoms. The number of aliphatic hydroxyl groups is 1. The molecule has 0 aliphatic heterocycles. The number of aliphatic hydroxyl groups excluding tert-OH is 1. The second-order valence-corrected chi connectivity index (χ2v) is 6.03. The van der Waals surface area contributed by atoms with E-state index in [-0.39, 0.29) is 18.7 Å². The average Bonchev–Trinajstić information content (AvgIpc) is 3.01. The molecule has 1 atom stereocenters. The Balaban J connectivity index is 2.04. The van der Waals surface area contributed by atoms with Gasteiger partial charge in [-0.3, -0.25) is 0 Å². The van der Waals surface area contributed by atoms with E-state index in [0.29, 0.717) is 6.54 Å². The van der Waals surface area contributed by atoms with Gasteiger partial charge in [0.25, 0.3) is 0 Å². The highest BCUT2D eigenvalue weighted by Gasteiger charge is 2.21. The van der Waals surface area contributed by atoms with E-state index in [1.807, 2.05) is 68.4 Å². The van der Waals surface area contributed by atoms with Crippen molar-refractivity contribution in [1.29, 1.82) is 0 Å². The number of anilines is 1. The number of aromatic amines is 1. The van der Waals surface area contributed by atoms with E-state index < -0.39 is 0 Å². The van der Waals surface area contributed by atoms with Crippen molar-refractivity contribution in [2.45, 2.75) is 19.9 Å². The van der Waals surface area contributed by atoms with Gasteiger partial charge in [-0.2, -0.15) is 0 Å². The van der Waals surface area contributed by atoms with Crippen molar-refractivity contribution in [3.05, 3.63) is 54.6 Å². The molecule has 130 valence electrons. The quantitative estimate of drug-likeness (QED) is 0.657. The van der Waals surface area contributed by atoms with Crippen LogP contribution in [0.1, 0.15) is 13.8 Å². The predicted molar refractivity (Wildman–Crippen MR) is 102 cm³/mol. The number of amides is 2. The first-order valence-electron chi connectivity index (χ1n) is 8.50. The molecule has 2 aromatic carbocycles. The average molecular weight is 337 g/mol. The Hall–Kier alpha value is -2.79. The number of H-pyrrole nitrogens is 1. The highest BCUT2D eigenvalue weighted by molar-refractivity contribution is 6.07. The predicted octanol–water partition coefficient (Wildman–Crippen LogP) is 4.07. The Kier molecular flexibility index (Phi) is 5.05. The van der Waals surface area contributed by atoms with Gasteiger partial charge in [-0.25, -0.2) is 4.79 Å². The Morgan fingerprint density at radius 1 is 1.16 bits per heavy atom. The lowest BCUT2D eigenvalue weighted by Crippen LogP contribution is -2.43. The Morgan fingerprint density at radius 3 is 2.52 bits per heavy atom. The van der Waals surface area contributed by atoms with Crippen molar-refractivity contribution in [3.8, 4) is 11.3 Å². The Labute approximate surface area is 147 Å². The van der Waals surface area contributed by atoms with Crippen LogP contribution in [0.15, 0.2) is 54.6 Å². The molecule has 0 saturated carbocycles. The summed E-state index contributed by atoms with van der Waals surface area (Å²) in [5.74, 6) is 0. The fourth-order valence-electron chi connectivity index (χ4n) is 3.03. The number of para-hydroxylation sites is 1. The fourth-order valence-corrected chi connectivity index (χ4v) is 3.03. The lowest BCUT2D eigenvalue weighted by atomic mass is 10.1. The summed E-state index contributed by atoms with van der Waals surface area (Å²) in [7, 11) is 0. The van der Waals surface area contributed by atoms with E-state index in [1.165, 1.54) is 0 Å². The van der Waals surface area contributed by atoms with Crippen molar-refractivity contribution in [2.24, 2.45) is 0 Å². The lowest BCUT2D eigenvalue weighted by molar-refractivity contribution is 0.154. The number of likely N-dealkylation sites (N-methyl/N-ethyl adjacent to an activating group) is 1. The van der Waals surface area contributed by atoms with Crippen LogP contribution in [-0.4, -0.2) is 40.2 Å². The van der Waals surface area contributed by atoms with Gasteiger partial charge in [-0.05, 0) is 19.9 Å². The van der Waals surface area contributed by atoms with Crippen LogP contribution in [0.3, 0.4) is 0 Å². The van der Waals surface area contributed by atoms with Crippen LogP contribution in [-0.2, 0) is 0 Å². The largest absolute Gasteiger partial charge is 0.394 e. The molecular formula is C20H23N3O2. The fraction of sp³-hybridized carbons (Fsp3) is 0.250. The van der Waals surface area contributed by atoms with Gasteiger partial charge < -0.3 is 20.3 Å².